The van der Waals surface area contributed by atoms with Crippen LogP contribution in [0, 0.1) is 0 Å². The lowest BCUT2D eigenvalue weighted by Crippen LogP contribution is -2.41. The van der Waals surface area contributed by atoms with Crippen molar-refractivity contribution < 1.29 is 9.59 Å². The lowest BCUT2D eigenvalue weighted by Gasteiger charge is -2.19. The zero-order chi connectivity index (χ0) is 15.7. The summed E-state index contributed by atoms with van der Waals surface area (Å²) in [6, 6.07) is 0. The van der Waals surface area contributed by atoms with Crippen molar-refractivity contribution >= 4 is 40.0 Å². The average Bonchev–Trinajstić information content (AvgIpc) is 2.90. The van der Waals surface area contributed by atoms with Crippen molar-refractivity contribution in [1.82, 2.24) is 20.4 Å². The summed E-state index contributed by atoms with van der Waals surface area (Å²) in [6.07, 6.45) is 0. The summed E-state index contributed by atoms with van der Waals surface area (Å²) in [5.74, 6) is 0.0468. The van der Waals surface area contributed by atoms with Crippen LogP contribution in [0.5, 0.6) is 0 Å². The maximum Gasteiger partial charge on any atom is 0.239 e. The topological polar surface area (TPSA) is 87.2 Å². The third kappa shape index (κ3) is 6.30. The molecule has 0 fully saturated rings. The van der Waals surface area contributed by atoms with Crippen LogP contribution in [0.2, 0.25) is 0 Å². The van der Waals surface area contributed by atoms with Gasteiger partial charge in [-0.1, -0.05) is 23.1 Å². The highest BCUT2D eigenvalue weighted by molar-refractivity contribution is 8.01. The van der Waals surface area contributed by atoms with Crippen LogP contribution in [-0.4, -0.2) is 58.8 Å². The molecule has 1 rings (SSSR count). The van der Waals surface area contributed by atoms with Gasteiger partial charge in [0, 0.05) is 19.6 Å². The Morgan fingerprint density at radius 2 is 2.00 bits per heavy atom. The van der Waals surface area contributed by atoms with Crippen molar-refractivity contribution in [3.63, 3.8) is 0 Å². The van der Waals surface area contributed by atoms with Crippen LogP contribution in [0.3, 0.4) is 0 Å². The molecule has 9 heteroatoms. The number of hydrogen-bond acceptors (Lipinski definition) is 7. The van der Waals surface area contributed by atoms with E-state index in [0.717, 1.165) is 16.0 Å². The molecule has 21 heavy (non-hydrogen) atoms. The lowest BCUT2D eigenvalue weighted by atomic mass is 10.4. The Balaban J connectivity index is 2.44. The molecule has 2 amide bonds. The maximum atomic E-state index is 12.1. The van der Waals surface area contributed by atoms with E-state index in [1.54, 1.807) is 0 Å². The number of nitrogens with one attached hydrogen (secondary N) is 2. The fourth-order valence-corrected chi connectivity index (χ4v) is 3.23. The summed E-state index contributed by atoms with van der Waals surface area (Å²) in [5.41, 5.74) is 0. The van der Waals surface area contributed by atoms with Gasteiger partial charge in [0.2, 0.25) is 16.9 Å². The first-order valence-electron chi connectivity index (χ1n) is 6.85. The third-order valence-corrected chi connectivity index (χ3v) is 4.50. The average molecular weight is 331 g/mol. The van der Waals surface area contributed by atoms with Gasteiger partial charge in [-0.05, 0) is 20.8 Å². The van der Waals surface area contributed by atoms with E-state index in [1.165, 1.54) is 28.0 Å². The van der Waals surface area contributed by atoms with Gasteiger partial charge in [0.05, 0.1) is 12.3 Å². The highest BCUT2D eigenvalue weighted by Gasteiger charge is 2.16. The van der Waals surface area contributed by atoms with E-state index in [-0.39, 0.29) is 24.1 Å². The molecule has 0 spiro atoms. The van der Waals surface area contributed by atoms with Crippen molar-refractivity contribution in [1.29, 1.82) is 0 Å². The summed E-state index contributed by atoms with van der Waals surface area (Å²) in [4.78, 5) is 25.1. The van der Waals surface area contributed by atoms with Crippen LogP contribution in [0.25, 0.3) is 0 Å². The van der Waals surface area contributed by atoms with E-state index in [1.807, 2.05) is 20.8 Å². The second-order valence-electron chi connectivity index (χ2n) is 4.05. The first-order valence-corrected chi connectivity index (χ1v) is 8.65. The van der Waals surface area contributed by atoms with Gasteiger partial charge in [0.25, 0.3) is 0 Å². The lowest BCUT2D eigenvalue weighted by molar-refractivity contribution is -0.133. The maximum absolute atomic E-state index is 12.1. The van der Waals surface area contributed by atoms with Gasteiger partial charge in [0.15, 0.2) is 4.34 Å². The Morgan fingerprint density at radius 3 is 2.62 bits per heavy atom. The summed E-state index contributed by atoms with van der Waals surface area (Å²) < 4.78 is 0.744. The fraction of sp³-hybridized carbons (Fsp3) is 0.667. The third-order valence-electron chi connectivity index (χ3n) is 2.50. The second-order valence-corrected chi connectivity index (χ2v) is 6.25. The first-order chi connectivity index (χ1) is 10.1. The minimum Gasteiger partial charge on any atom is -0.360 e. The molecular weight excluding hydrogens is 310 g/mol. The Morgan fingerprint density at radius 1 is 1.24 bits per heavy atom. The number of likely N-dealkylation sites (N-methyl/N-ethyl adjacent to an activating group) is 2. The molecule has 0 aliphatic carbocycles. The molecule has 118 valence electrons. The van der Waals surface area contributed by atoms with Crippen molar-refractivity contribution in [2.75, 3.05) is 37.2 Å². The van der Waals surface area contributed by atoms with E-state index in [0.29, 0.717) is 13.1 Å². The van der Waals surface area contributed by atoms with Crippen LogP contribution in [-0.2, 0) is 9.59 Å². The minimum atomic E-state index is -0.136. The van der Waals surface area contributed by atoms with E-state index in [4.69, 9.17) is 0 Å². The monoisotopic (exact) mass is 331 g/mol. The number of carbonyl (C=O) groups is 2. The molecule has 1 aromatic rings. The highest BCUT2D eigenvalue weighted by atomic mass is 32.2. The van der Waals surface area contributed by atoms with Gasteiger partial charge in [-0.2, -0.15) is 0 Å². The summed E-state index contributed by atoms with van der Waals surface area (Å²) in [5, 5.41) is 14.5. The van der Waals surface area contributed by atoms with Gasteiger partial charge in [-0.15, -0.1) is 10.2 Å². The molecule has 0 radical (unpaired) electrons. The molecule has 1 heterocycles. The zero-order valence-electron chi connectivity index (χ0n) is 12.5. The molecule has 0 atom stereocenters. The molecule has 1 aromatic heterocycles. The van der Waals surface area contributed by atoms with Gasteiger partial charge >= 0.3 is 0 Å². The summed E-state index contributed by atoms with van der Waals surface area (Å²) >= 11 is 2.76. The standard InChI is InChI=1S/C12H21N5O2S2/c1-4-13-9(18)7-17(6-3)10(19)8-20-12-16-15-11(21-12)14-5-2/h4-8H2,1-3H3,(H,13,18)(H,14,15). The zero-order valence-corrected chi connectivity index (χ0v) is 14.1. The molecule has 2 N–H and O–H groups in total. The van der Waals surface area contributed by atoms with Crippen molar-refractivity contribution in [3.05, 3.63) is 0 Å². The normalized spacial score (nSPS) is 10.2. The van der Waals surface area contributed by atoms with Crippen LogP contribution < -0.4 is 10.6 Å². The van der Waals surface area contributed by atoms with E-state index in [2.05, 4.69) is 20.8 Å². The van der Waals surface area contributed by atoms with Crippen LogP contribution in [0.15, 0.2) is 4.34 Å². The molecule has 0 saturated carbocycles. The van der Waals surface area contributed by atoms with Crippen molar-refractivity contribution in [3.8, 4) is 0 Å². The molecule has 0 saturated heterocycles. The van der Waals surface area contributed by atoms with Crippen LogP contribution in [0.4, 0.5) is 5.13 Å². The number of anilines is 1. The number of carbonyl (C=O) groups excluding carboxylic acids is 2. The smallest absolute Gasteiger partial charge is 0.239 e. The summed E-state index contributed by atoms with van der Waals surface area (Å²) in [6.45, 7) is 7.65. The quantitative estimate of drug-likeness (QED) is 0.658. The van der Waals surface area contributed by atoms with Gasteiger partial charge in [-0.3, -0.25) is 9.59 Å². The number of rotatable bonds is 9. The second kappa shape index (κ2) is 9.56. The Labute approximate surface area is 132 Å². The number of amides is 2. The van der Waals surface area contributed by atoms with Gasteiger partial charge < -0.3 is 15.5 Å². The molecular formula is C12H21N5O2S2. The predicted octanol–water partition coefficient (Wildman–Crippen LogP) is 1.05. The summed E-state index contributed by atoms with van der Waals surface area (Å²) in [7, 11) is 0. The van der Waals surface area contributed by atoms with Crippen LogP contribution >= 0.6 is 23.1 Å². The van der Waals surface area contributed by atoms with E-state index < -0.39 is 0 Å². The number of nitrogens with zero attached hydrogens (tertiary/aromatic N) is 3. The molecule has 0 unspecified atom stereocenters. The van der Waals surface area contributed by atoms with Gasteiger partial charge in [-0.25, -0.2) is 0 Å². The molecule has 0 aromatic carbocycles. The highest BCUT2D eigenvalue weighted by Crippen LogP contribution is 2.25. The van der Waals surface area contributed by atoms with Crippen LogP contribution in [0.1, 0.15) is 20.8 Å². The van der Waals surface area contributed by atoms with Crippen molar-refractivity contribution in [2.45, 2.75) is 25.1 Å². The predicted molar refractivity (Wildman–Crippen MR) is 85.7 cm³/mol. The molecule has 0 aliphatic rings. The van der Waals surface area contributed by atoms with E-state index in [9.17, 15) is 9.59 Å². The fourth-order valence-electron chi connectivity index (χ4n) is 1.51. The Kier molecular flexibility index (Phi) is 8.06. The Bertz CT molecular complexity index is 466. The number of thioether (sulfide) groups is 1. The largest absolute Gasteiger partial charge is 0.360 e. The Hall–Kier alpha value is -1.35. The molecule has 7 nitrogen and oxygen atoms in total. The molecule has 0 bridgehead atoms. The number of aromatic nitrogens is 2. The SMILES string of the molecule is CCNC(=O)CN(CC)C(=O)CSc1nnc(NCC)s1. The van der Waals surface area contributed by atoms with Gasteiger partial charge in [0.1, 0.15) is 0 Å². The number of hydrogen-bond donors (Lipinski definition) is 2. The van der Waals surface area contributed by atoms with Crippen molar-refractivity contribution in [2.24, 2.45) is 0 Å². The van der Waals surface area contributed by atoms with E-state index >= 15 is 0 Å². The molecule has 0 aliphatic heterocycles. The minimum absolute atomic E-state index is 0.0750. The first kappa shape index (κ1) is 17.7.